The van der Waals surface area contributed by atoms with Crippen molar-refractivity contribution >= 4 is 12.0 Å². The summed E-state index contributed by atoms with van der Waals surface area (Å²) in [5, 5.41) is 23.3. The zero-order chi connectivity index (χ0) is 14.0. The first-order chi connectivity index (χ1) is 9.00. The summed E-state index contributed by atoms with van der Waals surface area (Å²) in [6.45, 7) is 0. The highest BCUT2D eigenvalue weighted by Gasteiger charge is 2.37. The molecule has 0 unspecified atom stereocenters. The lowest BCUT2D eigenvalue weighted by Gasteiger charge is -2.26. The SMILES string of the molecule is CN(C(=O)/C=C/c1ccnn1C)[C@@H]1CC[C@@H](O)[C@@H]1O. The van der Waals surface area contributed by atoms with E-state index in [1.165, 1.54) is 11.0 Å². The molecular weight excluding hydrogens is 246 g/mol. The average molecular weight is 265 g/mol. The third-order valence-corrected chi connectivity index (χ3v) is 3.65. The van der Waals surface area contributed by atoms with Gasteiger partial charge in [-0.05, 0) is 25.0 Å². The second kappa shape index (κ2) is 5.54. The quantitative estimate of drug-likeness (QED) is 0.740. The molecule has 0 spiro atoms. The van der Waals surface area contributed by atoms with Gasteiger partial charge in [0.2, 0.25) is 5.91 Å². The van der Waals surface area contributed by atoms with Crippen molar-refractivity contribution in [2.75, 3.05) is 7.05 Å². The molecule has 1 aliphatic carbocycles. The van der Waals surface area contributed by atoms with Crippen molar-refractivity contribution in [2.24, 2.45) is 7.05 Å². The Kier molecular flexibility index (Phi) is 4.01. The molecule has 1 fully saturated rings. The van der Waals surface area contributed by atoms with Gasteiger partial charge in [0.25, 0.3) is 0 Å². The van der Waals surface area contributed by atoms with Crippen molar-refractivity contribution < 1.29 is 15.0 Å². The number of aliphatic hydroxyl groups excluding tert-OH is 2. The van der Waals surface area contributed by atoms with E-state index >= 15 is 0 Å². The largest absolute Gasteiger partial charge is 0.390 e. The molecule has 2 N–H and O–H groups in total. The summed E-state index contributed by atoms with van der Waals surface area (Å²) in [6.07, 6.45) is 4.34. The maximum Gasteiger partial charge on any atom is 0.246 e. The predicted molar refractivity (Wildman–Crippen MR) is 70.0 cm³/mol. The molecule has 0 aromatic carbocycles. The molecule has 19 heavy (non-hydrogen) atoms. The number of carbonyl (C=O) groups is 1. The maximum absolute atomic E-state index is 12.0. The fraction of sp³-hybridized carbons (Fsp3) is 0.538. The van der Waals surface area contributed by atoms with Crippen LogP contribution in [0, 0.1) is 0 Å². The number of rotatable bonds is 3. The molecule has 1 aromatic heterocycles. The van der Waals surface area contributed by atoms with Crippen molar-refractivity contribution in [3.63, 3.8) is 0 Å². The lowest BCUT2D eigenvalue weighted by atomic mass is 10.1. The fourth-order valence-electron chi connectivity index (χ4n) is 2.35. The van der Waals surface area contributed by atoms with E-state index in [0.29, 0.717) is 12.8 Å². The van der Waals surface area contributed by atoms with Gasteiger partial charge < -0.3 is 15.1 Å². The molecule has 1 heterocycles. The Balaban J connectivity index is 2.00. The third kappa shape index (κ3) is 2.85. The number of aliphatic hydroxyl groups is 2. The predicted octanol–water partition coefficient (Wildman–Crippen LogP) is -0.224. The molecule has 104 valence electrons. The van der Waals surface area contributed by atoms with Gasteiger partial charge in [0, 0.05) is 26.4 Å². The van der Waals surface area contributed by atoms with Crippen molar-refractivity contribution in [2.45, 2.75) is 31.1 Å². The lowest BCUT2D eigenvalue weighted by molar-refractivity contribution is -0.129. The molecular formula is C13H19N3O3. The first kappa shape index (κ1) is 13.8. The second-order valence-corrected chi connectivity index (χ2v) is 4.86. The fourth-order valence-corrected chi connectivity index (χ4v) is 2.35. The number of aryl methyl sites for hydroxylation is 1. The van der Waals surface area contributed by atoms with Crippen LogP contribution in [-0.2, 0) is 11.8 Å². The molecule has 1 aliphatic rings. The van der Waals surface area contributed by atoms with Crippen LogP contribution in [0.4, 0.5) is 0 Å². The molecule has 1 aromatic rings. The second-order valence-electron chi connectivity index (χ2n) is 4.86. The summed E-state index contributed by atoms with van der Waals surface area (Å²) >= 11 is 0. The Labute approximate surface area is 112 Å². The summed E-state index contributed by atoms with van der Waals surface area (Å²) in [5.41, 5.74) is 0.828. The molecule has 1 saturated carbocycles. The summed E-state index contributed by atoms with van der Waals surface area (Å²) in [6, 6.07) is 1.48. The molecule has 0 aliphatic heterocycles. The minimum Gasteiger partial charge on any atom is -0.390 e. The van der Waals surface area contributed by atoms with Gasteiger partial charge in [-0.3, -0.25) is 9.48 Å². The van der Waals surface area contributed by atoms with E-state index in [1.807, 2.05) is 0 Å². The van der Waals surface area contributed by atoms with Crippen LogP contribution in [0.15, 0.2) is 18.3 Å². The van der Waals surface area contributed by atoms with E-state index in [1.54, 1.807) is 37.1 Å². The number of amides is 1. The Morgan fingerprint density at radius 2 is 2.26 bits per heavy atom. The van der Waals surface area contributed by atoms with Crippen LogP contribution in [0.1, 0.15) is 18.5 Å². The molecule has 3 atom stereocenters. The van der Waals surface area contributed by atoms with Crippen molar-refractivity contribution in [1.82, 2.24) is 14.7 Å². The first-order valence-electron chi connectivity index (χ1n) is 6.29. The third-order valence-electron chi connectivity index (χ3n) is 3.65. The van der Waals surface area contributed by atoms with Crippen molar-refractivity contribution in [1.29, 1.82) is 0 Å². The minimum atomic E-state index is -0.862. The van der Waals surface area contributed by atoms with E-state index < -0.39 is 12.2 Å². The number of carbonyl (C=O) groups excluding carboxylic acids is 1. The zero-order valence-electron chi connectivity index (χ0n) is 11.1. The van der Waals surface area contributed by atoms with E-state index in [0.717, 1.165) is 5.69 Å². The highest BCUT2D eigenvalue weighted by atomic mass is 16.3. The Morgan fingerprint density at radius 1 is 1.53 bits per heavy atom. The van der Waals surface area contributed by atoms with Crippen molar-refractivity contribution in [3.8, 4) is 0 Å². The normalized spacial score (nSPS) is 27.1. The van der Waals surface area contributed by atoms with Gasteiger partial charge in [-0.15, -0.1) is 0 Å². The standard InChI is InChI=1S/C13H19N3O3/c1-15(10-4-5-11(17)13(10)19)12(18)6-3-9-7-8-14-16(9)2/h3,6-8,10-11,13,17,19H,4-5H2,1-2H3/b6-3+/t10-,11-,13-/m1/s1. The van der Waals surface area contributed by atoms with Crippen LogP contribution >= 0.6 is 0 Å². The number of hydrogen-bond donors (Lipinski definition) is 2. The van der Waals surface area contributed by atoms with Gasteiger partial charge in [-0.1, -0.05) is 0 Å². The number of likely N-dealkylation sites (N-methyl/N-ethyl adjacent to an activating group) is 1. The van der Waals surface area contributed by atoms with Crippen molar-refractivity contribution in [3.05, 3.63) is 24.0 Å². The lowest BCUT2D eigenvalue weighted by Crippen LogP contribution is -2.43. The molecule has 0 radical (unpaired) electrons. The van der Waals surface area contributed by atoms with E-state index in [2.05, 4.69) is 5.10 Å². The monoisotopic (exact) mass is 265 g/mol. The van der Waals surface area contributed by atoms with Crippen LogP contribution in [0.3, 0.4) is 0 Å². The molecule has 0 saturated heterocycles. The smallest absolute Gasteiger partial charge is 0.246 e. The molecule has 6 heteroatoms. The van der Waals surface area contributed by atoms with Gasteiger partial charge in [0.1, 0.15) is 6.10 Å². The maximum atomic E-state index is 12.0. The Morgan fingerprint density at radius 3 is 2.79 bits per heavy atom. The number of hydrogen-bond acceptors (Lipinski definition) is 4. The van der Waals surface area contributed by atoms with E-state index in [9.17, 15) is 15.0 Å². The molecule has 6 nitrogen and oxygen atoms in total. The minimum absolute atomic E-state index is 0.195. The topological polar surface area (TPSA) is 78.6 Å². The highest BCUT2D eigenvalue weighted by molar-refractivity contribution is 5.91. The average Bonchev–Trinajstić information content (AvgIpc) is 2.94. The summed E-state index contributed by atoms with van der Waals surface area (Å²) in [5.74, 6) is -0.195. The zero-order valence-corrected chi connectivity index (χ0v) is 11.1. The number of nitrogens with zero attached hydrogens (tertiary/aromatic N) is 3. The van der Waals surface area contributed by atoms with Gasteiger partial charge >= 0.3 is 0 Å². The van der Waals surface area contributed by atoms with Gasteiger partial charge in [-0.2, -0.15) is 5.10 Å². The van der Waals surface area contributed by atoms with Crippen LogP contribution < -0.4 is 0 Å². The molecule has 0 bridgehead atoms. The first-order valence-corrected chi connectivity index (χ1v) is 6.29. The summed E-state index contributed by atoms with van der Waals surface area (Å²) in [7, 11) is 3.44. The summed E-state index contributed by atoms with van der Waals surface area (Å²) in [4.78, 5) is 13.5. The Hall–Kier alpha value is -1.66. The van der Waals surface area contributed by atoms with E-state index in [-0.39, 0.29) is 11.9 Å². The van der Waals surface area contributed by atoms with Crippen LogP contribution in [0.25, 0.3) is 6.08 Å². The van der Waals surface area contributed by atoms with Gasteiger partial charge in [0.15, 0.2) is 0 Å². The summed E-state index contributed by atoms with van der Waals surface area (Å²) < 4.78 is 1.66. The van der Waals surface area contributed by atoms with E-state index in [4.69, 9.17) is 0 Å². The van der Waals surface area contributed by atoms with Crippen LogP contribution in [-0.4, -0.2) is 56.1 Å². The molecule has 2 rings (SSSR count). The van der Waals surface area contributed by atoms with Crippen LogP contribution in [0.5, 0.6) is 0 Å². The van der Waals surface area contributed by atoms with Crippen LogP contribution in [0.2, 0.25) is 0 Å². The van der Waals surface area contributed by atoms with Gasteiger partial charge in [0.05, 0.1) is 17.8 Å². The van der Waals surface area contributed by atoms with Gasteiger partial charge in [-0.25, -0.2) is 0 Å². The highest BCUT2D eigenvalue weighted by Crippen LogP contribution is 2.24. The Bertz CT molecular complexity index is 483. The number of aromatic nitrogens is 2. The molecule has 1 amide bonds.